The van der Waals surface area contributed by atoms with Crippen LogP contribution in [0.2, 0.25) is 0 Å². The first-order valence-electron chi connectivity index (χ1n) is 9.70. The fraction of sp³-hybridized carbons (Fsp3) is 0.333. The Hall–Kier alpha value is -2.48. The van der Waals surface area contributed by atoms with Crippen LogP contribution in [0.3, 0.4) is 0 Å². The molecule has 2 aromatic rings. The van der Waals surface area contributed by atoms with Gasteiger partial charge >= 0.3 is 0 Å². The van der Waals surface area contributed by atoms with E-state index in [4.69, 9.17) is 10.2 Å². The predicted octanol–water partition coefficient (Wildman–Crippen LogP) is 5.03. The quantitative estimate of drug-likeness (QED) is 0.698. The van der Waals surface area contributed by atoms with Crippen molar-refractivity contribution < 1.29 is 0 Å². The van der Waals surface area contributed by atoms with Gasteiger partial charge in [0.15, 0.2) is 0 Å². The molecule has 1 fully saturated rings. The summed E-state index contributed by atoms with van der Waals surface area (Å²) >= 11 is 0. The zero-order valence-electron chi connectivity index (χ0n) is 14.7. The lowest BCUT2D eigenvalue weighted by atomic mass is 9.41. The van der Waals surface area contributed by atoms with Crippen molar-refractivity contribution in [2.45, 2.75) is 23.9 Å². The van der Waals surface area contributed by atoms with Gasteiger partial charge in [-0.3, -0.25) is 0 Å². The summed E-state index contributed by atoms with van der Waals surface area (Å²) in [5.41, 5.74) is 2.61. The molecule has 2 bridgehead atoms. The molecule has 128 valence electrons. The van der Waals surface area contributed by atoms with E-state index in [9.17, 15) is 0 Å². The van der Waals surface area contributed by atoms with Crippen molar-refractivity contribution >= 4 is 0 Å². The van der Waals surface area contributed by atoms with Crippen molar-refractivity contribution in [3.05, 3.63) is 96.1 Å². The SMILES string of the molecule is C1=CC2C1C1(Cc3ccccc3)N=NC2(Cc2ccccc2)C2C=CC21. The fourth-order valence-corrected chi connectivity index (χ4v) is 5.86. The number of benzene rings is 2. The van der Waals surface area contributed by atoms with E-state index in [-0.39, 0.29) is 11.1 Å². The van der Waals surface area contributed by atoms with Crippen LogP contribution in [0.5, 0.6) is 0 Å². The van der Waals surface area contributed by atoms with E-state index in [2.05, 4.69) is 85.0 Å². The first-order chi connectivity index (χ1) is 12.8. The van der Waals surface area contributed by atoms with Crippen LogP contribution in [-0.4, -0.2) is 11.1 Å². The highest BCUT2D eigenvalue weighted by atomic mass is 15.3. The molecule has 2 heterocycles. The lowest BCUT2D eigenvalue weighted by Crippen LogP contribution is -2.71. The van der Waals surface area contributed by atoms with Gasteiger partial charge in [0, 0.05) is 36.5 Å². The summed E-state index contributed by atoms with van der Waals surface area (Å²) in [6, 6.07) is 21.7. The van der Waals surface area contributed by atoms with Crippen molar-refractivity contribution in [2.24, 2.45) is 33.9 Å². The minimum absolute atomic E-state index is 0.0708. The third kappa shape index (κ3) is 1.72. The molecule has 2 aliphatic heterocycles. The van der Waals surface area contributed by atoms with E-state index in [1.807, 2.05) is 0 Å². The highest BCUT2D eigenvalue weighted by Gasteiger charge is 2.70. The molecule has 0 saturated heterocycles. The topological polar surface area (TPSA) is 24.7 Å². The van der Waals surface area contributed by atoms with Crippen molar-refractivity contribution in [1.29, 1.82) is 0 Å². The maximum Gasteiger partial charge on any atom is 0.0993 e. The molecule has 4 atom stereocenters. The van der Waals surface area contributed by atoms with Gasteiger partial charge in [0.05, 0.1) is 11.1 Å². The van der Waals surface area contributed by atoms with Crippen LogP contribution < -0.4 is 0 Å². The summed E-state index contributed by atoms with van der Waals surface area (Å²) < 4.78 is 0. The lowest BCUT2D eigenvalue weighted by Gasteiger charge is -2.66. The zero-order chi connectivity index (χ0) is 17.2. The molecule has 2 nitrogen and oxygen atoms in total. The van der Waals surface area contributed by atoms with Crippen molar-refractivity contribution in [1.82, 2.24) is 0 Å². The van der Waals surface area contributed by atoms with Crippen molar-refractivity contribution in [3.8, 4) is 0 Å². The predicted molar refractivity (Wildman–Crippen MR) is 103 cm³/mol. The Morgan fingerprint density at radius 3 is 1.19 bits per heavy atom. The highest BCUT2D eigenvalue weighted by Crippen LogP contribution is 2.66. The standard InChI is InChI=1S/C24H22N2/c1-3-7-17(8-4-1)15-23-19-11-13-21(19)24(26-25-23,22-14-12-20(22)23)16-18-9-5-2-6-10-18/h1-14,19-22H,15-16H2. The maximum absolute atomic E-state index is 5.08. The Bertz CT molecular complexity index is 824. The fourth-order valence-electron chi connectivity index (χ4n) is 5.86. The van der Waals surface area contributed by atoms with Gasteiger partial charge in [-0.05, 0) is 11.1 Å². The van der Waals surface area contributed by atoms with E-state index < -0.39 is 0 Å². The zero-order valence-corrected chi connectivity index (χ0v) is 14.7. The molecule has 5 aliphatic rings. The van der Waals surface area contributed by atoms with Gasteiger partial charge in [-0.25, -0.2) is 0 Å². The van der Waals surface area contributed by atoms with E-state index in [1.54, 1.807) is 0 Å². The van der Waals surface area contributed by atoms with Crippen LogP contribution in [-0.2, 0) is 12.8 Å². The number of azo groups is 1. The van der Waals surface area contributed by atoms with Crippen LogP contribution in [0.15, 0.2) is 95.2 Å². The summed E-state index contributed by atoms with van der Waals surface area (Å²) in [7, 11) is 0. The third-order valence-electron chi connectivity index (χ3n) is 7.22. The van der Waals surface area contributed by atoms with Gasteiger partial charge in [-0.15, -0.1) is 0 Å². The maximum atomic E-state index is 5.08. The van der Waals surface area contributed by atoms with E-state index in [0.29, 0.717) is 23.7 Å². The first-order valence-corrected chi connectivity index (χ1v) is 9.70. The number of rotatable bonds is 4. The van der Waals surface area contributed by atoms with Crippen molar-refractivity contribution in [3.63, 3.8) is 0 Å². The molecule has 7 rings (SSSR count). The van der Waals surface area contributed by atoms with E-state index in [1.165, 1.54) is 11.1 Å². The highest BCUT2D eigenvalue weighted by molar-refractivity contribution is 5.43. The van der Waals surface area contributed by atoms with Gasteiger partial charge in [0.25, 0.3) is 0 Å². The van der Waals surface area contributed by atoms with Crippen LogP contribution >= 0.6 is 0 Å². The Labute approximate surface area is 154 Å². The molecule has 3 aliphatic carbocycles. The molecule has 0 N–H and O–H groups in total. The largest absolute Gasteiger partial charge is 0.185 e. The van der Waals surface area contributed by atoms with Gasteiger partial charge in [0.1, 0.15) is 0 Å². The third-order valence-corrected chi connectivity index (χ3v) is 7.22. The Morgan fingerprint density at radius 2 is 0.885 bits per heavy atom. The lowest BCUT2D eigenvalue weighted by molar-refractivity contribution is -0.0482. The van der Waals surface area contributed by atoms with Crippen LogP contribution in [0.1, 0.15) is 11.1 Å². The van der Waals surface area contributed by atoms with Crippen molar-refractivity contribution in [2.75, 3.05) is 0 Å². The number of hydrogen-bond acceptors (Lipinski definition) is 2. The molecule has 4 unspecified atom stereocenters. The molecule has 0 radical (unpaired) electrons. The van der Waals surface area contributed by atoms with Crippen LogP contribution in [0.25, 0.3) is 0 Å². The van der Waals surface area contributed by atoms with Crippen LogP contribution in [0, 0.1) is 23.7 Å². The molecular weight excluding hydrogens is 316 g/mol. The number of hydrogen-bond donors (Lipinski definition) is 0. The average molecular weight is 338 g/mol. The molecule has 1 saturated carbocycles. The summed E-state index contributed by atoms with van der Waals surface area (Å²) in [5, 5.41) is 10.2. The summed E-state index contributed by atoms with van der Waals surface area (Å²) in [6.45, 7) is 0. The molecular formula is C24H22N2. The Morgan fingerprint density at radius 1 is 0.538 bits per heavy atom. The van der Waals surface area contributed by atoms with Gasteiger partial charge in [-0.2, -0.15) is 10.2 Å². The summed E-state index contributed by atoms with van der Waals surface area (Å²) in [4.78, 5) is 0. The van der Waals surface area contributed by atoms with E-state index in [0.717, 1.165) is 12.8 Å². The molecule has 0 spiro atoms. The summed E-state index contributed by atoms with van der Waals surface area (Å²) in [5.74, 6) is 2.09. The monoisotopic (exact) mass is 338 g/mol. The second-order valence-electron chi connectivity index (χ2n) is 8.38. The van der Waals surface area contributed by atoms with Crippen LogP contribution in [0.4, 0.5) is 0 Å². The summed E-state index contributed by atoms with van der Waals surface area (Å²) in [6.07, 6.45) is 11.6. The molecule has 0 aromatic heterocycles. The smallest absolute Gasteiger partial charge is 0.0993 e. The normalized spacial score (nSPS) is 40.5. The minimum atomic E-state index is -0.0708. The average Bonchev–Trinajstić information content (AvgIpc) is 2.58. The first kappa shape index (κ1) is 14.7. The Kier molecular flexibility index (Phi) is 2.84. The second kappa shape index (κ2) is 5.03. The molecule has 2 aromatic carbocycles. The molecule has 0 amide bonds. The second-order valence-corrected chi connectivity index (χ2v) is 8.38. The number of nitrogens with zero attached hydrogens (tertiary/aromatic N) is 2. The Balaban J connectivity index is 1.44. The molecule has 26 heavy (non-hydrogen) atoms. The molecule has 2 heteroatoms. The minimum Gasteiger partial charge on any atom is -0.185 e. The van der Waals surface area contributed by atoms with Gasteiger partial charge in [-0.1, -0.05) is 85.0 Å². The van der Waals surface area contributed by atoms with Gasteiger partial charge < -0.3 is 0 Å². The van der Waals surface area contributed by atoms with Gasteiger partial charge in [0.2, 0.25) is 0 Å². The van der Waals surface area contributed by atoms with E-state index >= 15 is 0 Å².